The number of halogens is 2. The SMILES string of the molecule is CCn1c(NC(C)=O)nc2ccc(Cc3c(Br)cc(N)cc3Br)cc21. The van der Waals surface area contributed by atoms with Gasteiger partial charge in [-0.15, -0.1) is 0 Å². The Hall–Kier alpha value is -1.86. The third-order valence-corrected chi connectivity index (χ3v) is 5.38. The van der Waals surface area contributed by atoms with E-state index in [4.69, 9.17) is 5.73 Å². The van der Waals surface area contributed by atoms with Gasteiger partial charge in [0.25, 0.3) is 0 Å². The van der Waals surface area contributed by atoms with E-state index in [-0.39, 0.29) is 5.91 Å². The molecule has 0 spiro atoms. The van der Waals surface area contributed by atoms with Crippen molar-refractivity contribution in [2.45, 2.75) is 26.8 Å². The number of aryl methyl sites for hydroxylation is 1. The molecule has 0 bridgehead atoms. The van der Waals surface area contributed by atoms with Crippen molar-refractivity contribution in [1.82, 2.24) is 9.55 Å². The lowest BCUT2D eigenvalue weighted by Gasteiger charge is -2.10. The van der Waals surface area contributed by atoms with Crippen molar-refractivity contribution in [3.05, 3.63) is 50.4 Å². The van der Waals surface area contributed by atoms with E-state index in [1.807, 2.05) is 29.7 Å². The molecule has 0 aliphatic heterocycles. The predicted molar refractivity (Wildman–Crippen MR) is 109 cm³/mol. The number of nitrogens with two attached hydrogens (primary N) is 1. The van der Waals surface area contributed by atoms with E-state index < -0.39 is 0 Å². The largest absolute Gasteiger partial charge is 0.399 e. The van der Waals surface area contributed by atoms with Crippen molar-refractivity contribution < 1.29 is 4.79 Å². The first-order chi connectivity index (χ1) is 11.9. The molecule has 0 aliphatic rings. The van der Waals surface area contributed by atoms with E-state index in [0.29, 0.717) is 11.6 Å². The van der Waals surface area contributed by atoms with E-state index in [1.54, 1.807) is 0 Å². The molecule has 2 aromatic carbocycles. The first-order valence-electron chi connectivity index (χ1n) is 7.89. The maximum atomic E-state index is 11.4. The van der Waals surface area contributed by atoms with Gasteiger partial charge in [0.1, 0.15) is 0 Å². The lowest BCUT2D eigenvalue weighted by Crippen LogP contribution is -2.11. The zero-order valence-electron chi connectivity index (χ0n) is 13.9. The van der Waals surface area contributed by atoms with Crippen LogP contribution < -0.4 is 11.1 Å². The molecule has 1 aromatic heterocycles. The zero-order chi connectivity index (χ0) is 18.1. The quantitative estimate of drug-likeness (QED) is 0.548. The molecule has 0 fully saturated rings. The van der Waals surface area contributed by atoms with Crippen LogP contribution in [0.5, 0.6) is 0 Å². The molecule has 25 heavy (non-hydrogen) atoms. The molecular formula is C18H18Br2N4O. The maximum Gasteiger partial charge on any atom is 0.223 e. The average Bonchev–Trinajstić information content (AvgIpc) is 2.86. The number of aromatic nitrogens is 2. The number of nitrogens with one attached hydrogen (secondary N) is 1. The number of hydrogen-bond acceptors (Lipinski definition) is 3. The van der Waals surface area contributed by atoms with Gasteiger partial charge in [0.15, 0.2) is 0 Å². The lowest BCUT2D eigenvalue weighted by molar-refractivity contribution is -0.114. The topological polar surface area (TPSA) is 72.9 Å². The van der Waals surface area contributed by atoms with Crippen molar-refractivity contribution in [2.75, 3.05) is 11.1 Å². The summed E-state index contributed by atoms with van der Waals surface area (Å²) in [4.78, 5) is 15.9. The van der Waals surface area contributed by atoms with E-state index >= 15 is 0 Å². The Morgan fingerprint density at radius 2 is 1.92 bits per heavy atom. The van der Waals surface area contributed by atoms with Gasteiger partial charge in [0.2, 0.25) is 11.9 Å². The van der Waals surface area contributed by atoms with E-state index in [1.165, 1.54) is 6.92 Å². The number of benzene rings is 2. The van der Waals surface area contributed by atoms with Crippen LogP contribution in [0.1, 0.15) is 25.0 Å². The van der Waals surface area contributed by atoms with Gasteiger partial charge in [-0.25, -0.2) is 4.98 Å². The van der Waals surface area contributed by atoms with Crippen molar-refractivity contribution in [3.63, 3.8) is 0 Å². The molecule has 0 saturated heterocycles. The van der Waals surface area contributed by atoms with Crippen LogP contribution >= 0.6 is 31.9 Å². The van der Waals surface area contributed by atoms with Crippen LogP contribution in [0, 0.1) is 0 Å². The number of carbonyl (C=O) groups is 1. The molecule has 0 aliphatic carbocycles. The van der Waals surface area contributed by atoms with Gasteiger partial charge < -0.3 is 10.3 Å². The fourth-order valence-electron chi connectivity index (χ4n) is 2.85. The smallest absolute Gasteiger partial charge is 0.223 e. The molecule has 0 atom stereocenters. The van der Waals surface area contributed by atoms with Gasteiger partial charge in [0, 0.05) is 28.1 Å². The first kappa shape index (κ1) is 17.9. The van der Waals surface area contributed by atoms with Crippen LogP contribution in [0.3, 0.4) is 0 Å². The third kappa shape index (κ3) is 3.72. The molecular weight excluding hydrogens is 448 g/mol. The van der Waals surface area contributed by atoms with Gasteiger partial charge in [-0.05, 0) is 48.7 Å². The molecule has 3 aromatic rings. The average molecular weight is 466 g/mol. The summed E-state index contributed by atoms with van der Waals surface area (Å²) in [5, 5.41) is 2.79. The normalized spacial score (nSPS) is 11.0. The molecule has 3 N–H and O–H groups in total. The number of fused-ring (bicyclic) bond motifs is 1. The Labute approximate surface area is 162 Å². The highest BCUT2D eigenvalue weighted by atomic mass is 79.9. The fourth-order valence-corrected chi connectivity index (χ4v) is 4.35. The third-order valence-electron chi connectivity index (χ3n) is 3.96. The Morgan fingerprint density at radius 3 is 2.52 bits per heavy atom. The summed E-state index contributed by atoms with van der Waals surface area (Å²) in [6, 6.07) is 9.98. The highest BCUT2D eigenvalue weighted by Gasteiger charge is 2.13. The van der Waals surface area contributed by atoms with Gasteiger partial charge >= 0.3 is 0 Å². The summed E-state index contributed by atoms with van der Waals surface area (Å²) in [5.41, 5.74) is 10.7. The van der Waals surface area contributed by atoms with Gasteiger partial charge in [0.05, 0.1) is 11.0 Å². The van der Waals surface area contributed by atoms with Crippen molar-refractivity contribution in [3.8, 4) is 0 Å². The Balaban J connectivity index is 2.03. The number of anilines is 2. The standard InChI is InChI=1S/C18H18Br2N4O/c1-3-24-17-7-11(4-5-16(17)23-18(24)22-10(2)25)6-13-14(19)8-12(21)9-15(13)20/h4-5,7-9H,3,6,21H2,1-2H3,(H,22,23,25). The lowest BCUT2D eigenvalue weighted by atomic mass is 10.0. The second kappa shape index (κ2) is 7.17. The summed E-state index contributed by atoms with van der Waals surface area (Å²) in [5.74, 6) is 0.456. The monoisotopic (exact) mass is 464 g/mol. The number of imidazole rings is 1. The van der Waals surface area contributed by atoms with Crippen LogP contribution in [-0.2, 0) is 17.8 Å². The molecule has 0 radical (unpaired) electrons. The Bertz CT molecular complexity index is 942. The molecule has 0 saturated carbocycles. The van der Waals surface area contributed by atoms with Crippen molar-refractivity contribution in [2.24, 2.45) is 0 Å². The summed E-state index contributed by atoms with van der Waals surface area (Å²) in [6.45, 7) is 4.25. The molecule has 1 heterocycles. The van der Waals surface area contributed by atoms with E-state index in [0.717, 1.165) is 44.1 Å². The molecule has 1 amide bonds. The first-order valence-corrected chi connectivity index (χ1v) is 9.47. The minimum atomic E-state index is -0.125. The zero-order valence-corrected chi connectivity index (χ0v) is 17.1. The van der Waals surface area contributed by atoms with Gasteiger partial charge in [-0.2, -0.15) is 0 Å². The number of rotatable bonds is 4. The van der Waals surface area contributed by atoms with E-state index in [9.17, 15) is 4.79 Å². The minimum Gasteiger partial charge on any atom is -0.399 e. The maximum absolute atomic E-state index is 11.4. The number of nitrogen functional groups attached to an aromatic ring is 1. The second-order valence-electron chi connectivity index (χ2n) is 5.82. The Kier molecular flexibility index (Phi) is 5.15. The van der Waals surface area contributed by atoms with Crippen LogP contribution in [0.25, 0.3) is 11.0 Å². The van der Waals surface area contributed by atoms with Gasteiger partial charge in [-0.1, -0.05) is 37.9 Å². The molecule has 3 rings (SSSR count). The van der Waals surface area contributed by atoms with Crippen LogP contribution in [-0.4, -0.2) is 15.5 Å². The highest BCUT2D eigenvalue weighted by molar-refractivity contribution is 9.11. The fraction of sp³-hybridized carbons (Fsp3) is 0.222. The summed E-state index contributed by atoms with van der Waals surface area (Å²) < 4.78 is 3.96. The number of hydrogen-bond donors (Lipinski definition) is 2. The molecule has 0 unspecified atom stereocenters. The van der Waals surface area contributed by atoms with Crippen LogP contribution in [0.4, 0.5) is 11.6 Å². The summed E-state index contributed by atoms with van der Waals surface area (Å²) >= 11 is 7.18. The Morgan fingerprint density at radius 1 is 1.24 bits per heavy atom. The number of amides is 1. The summed E-state index contributed by atoms with van der Waals surface area (Å²) in [6.07, 6.45) is 0.752. The minimum absolute atomic E-state index is 0.125. The molecule has 130 valence electrons. The van der Waals surface area contributed by atoms with E-state index in [2.05, 4.69) is 54.3 Å². The highest BCUT2D eigenvalue weighted by Crippen LogP contribution is 2.31. The van der Waals surface area contributed by atoms with Crippen molar-refractivity contribution >= 4 is 60.4 Å². The van der Waals surface area contributed by atoms with Crippen LogP contribution in [0.15, 0.2) is 39.3 Å². The number of carbonyl (C=O) groups excluding carboxylic acids is 1. The number of nitrogens with zero attached hydrogens (tertiary/aromatic N) is 2. The molecule has 5 nitrogen and oxygen atoms in total. The predicted octanol–water partition coefficient (Wildman–Crippen LogP) is 4.71. The van der Waals surface area contributed by atoms with Gasteiger partial charge in [-0.3, -0.25) is 10.1 Å². The second-order valence-corrected chi connectivity index (χ2v) is 7.53. The van der Waals surface area contributed by atoms with Crippen molar-refractivity contribution in [1.29, 1.82) is 0 Å². The summed E-state index contributed by atoms with van der Waals surface area (Å²) in [7, 11) is 0. The van der Waals surface area contributed by atoms with Crippen LogP contribution in [0.2, 0.25) is 0 Å². The molecule has 7 heteroatoms.